The van der Waals surface area contributed by atoms with E-state index in [0.717, 1.165) is 6.08 Å². The molecule has 76 valence electrons. The zero-order valence-electron chi connectivity index (χ0n) is 7.34. The Bertz CT molecular complexity index is 325. The summed E-state index contributed by atoms with van der Waals surface area (Å²) in [5.74, 6) is -0.710. The highest BCUT2D eigenvalue weighted by Crippen LogP contribution is 2.33. The Morgan fingerprint density at radius 1 is 1.79 bits per heavy atom. The van der Waals surface area contributed by atoms with Gasteiger partial charge in [0, 0.05) is 19.3 Å². The van der Waals surface area contributed by atoms with E-state index >= 15 is 0 Å². The topological polar surface area (TPSA) is 69.4 Å². The van der Waals surface area contributed by atoms with Crippen LogP contribution >= 0.6 is 11.6 Å². The first-order valence-corrected chi connectivity index (χ1v) is 4.16. The van der Waals surface area contributed by atoms with Crippen LogP contribution in [0.4, 0.5) is 0 Å². The zero-order chi connectivity index (χ0) is 10.8. The number of nitrogens with zero attached hydrogens (tertiary/aromatic N) is 1. The molecular formula is C8H8ClNO4. The van der Waals surface area contributed by atoms with Crippen LogP contribution in [0.3, 0.4) is 0 Å². The predicted molar refractivity (Wildman–Crippen MR) is 49.4 cm³/mol. The van der Waals surface area contributed by atoms with Crippen LogP contribution in [-0.2, 0) is 9.53 Å². The number of hydrogen-bond acceptors (Lipinski definition) is 4. The normalized spacial score (nSPS) is 31.0. The molecule has 2 unspecified atom stereocenters. The van der Waals surface area contributed by atoms with E-state index in [4.69, 9.17) is 16.3 Å². The van der Waals surface area contributed by atoms with Crippen LogP contribution in [0.1, 0.15) is 0 Å². The van der Waals surface area contributed by atoms with Crippen LogP contribution < -0.4 is 0 Å². The quantitative estimate of drug-likeness (QED) is 0.307. The van der Waals surface area contributed by atoms with Crippen molar-refractivity contribution in [2.75, 3.05) is 7.11 Å². The second kappa shape index (κ2) is 3.89. The van der Waals surface area contributed by atoms with Crippen LogP contribution in [0.25, 0.3) is 0 Å². The summed E-state index contributed by atoms with van der Waals surface area (Å²) in [5, 5.41) is 8.99. The highest BCUT2D eigenvalue weighted by Gasteiger charge is 2.38. The van der Waals surface area contributed by atoms with Crippen LogP contribution in [0.5, 0.6) is 0 Å². The van der Waals surface area contributed by atoms with E-state index in [1.165, 1.54) is 19.3 Å². The maximum absolute atomic E-state index is 10.6. The lowest BCUT2D eigenvalue weighted by atomic mass is 9.97. The molecule has 0 bridgehead atoms. The number of nitro groups is 1. The number of ether oxygens (including phenoxy) is 1. The highest BCUT2D eigenvalue weighted by molar-refractivity contribution is 6.25. The summed E-state index contributed by atoms with van der Waals surface area (Å²) in [6.07, 6.45) is 4.29. The van der Waals surface area contributed by atoms with Gasteiger partial charge in [-0.05, 0) is 0 Å². The van der Waals surface area contributed by atoms with Gasteiger partial charge in [0.15, 0.2) is 5.06 Å². The first kappa shape index (κ1) is 10.9. The van der Waals surface area contributed by atoms with Gasteiger partial charge < -0.3 is 9.53 Å². The van der Waals surface area contributed by atoms with Gasteiger partial charge in [-0.1, -0.05) is 17.7 Å². The van der Waals surface area contributed by atoms with Crippen molar-refractivity contribution in [3.05, 3.63) is 34.0 Å². The molecule has 1 rings (SSSR count). The molecule has 0 aromatic rings. The third-order valence-corrected chi connectivity index (χ3v) is 2.46. The average molecular weight is 218 g/mol. The zero-order valence-corrected chi connectivity index (χ0v) is 8.10. The van der Waals surface area contributed by atoms with E-state index in [2.05, 4.69) is 0 Å². The maximum atomic E-state index is 10.6. The molecule has 0 saturated carbocycles. The molecule has 0 spiro atoms. The van der Waals surface area contributed by atoms with Crippen molar-refractivity contribution in [2.24, 2.45) is 5.92 Å². The minimum atomic E-state index is -1.45. The van der Waals surface area contributed by atoms with E-state index in [1.54, 1.807) is 0 Å². The first-order chi connectivity index (χ1) is 6.53. The molecule has 2 atom stereocenters. The third-order valence-electron chi connectivity index (χ3n) is 1.94. The van der Waals surface area contributed by atoms with Crippen molar-refractivity contribution >= 4 is 17.9 Å². The summed E-state index contributed by atoms with van der Waals surface area (Å²) in [6.45, 7) is 0. The fourth-order valence-corrected chi connectivity index (χ4v) is 1.36. The number of halogens is 1. The van der Waals surface area contributed by atoms with E-state index < -0.39 is 15.9 Å². The molecule has 0 aromatic carbocycles. The summed E-state index contributed by atoms with van der Waals surface area (Å²) >= 11 is 5.88. The molecule has 0 fully saturated rings. The van der Waals surface area contributed by atoms with Crippen molar-refractivity contribution in [1.82, 2.24) is 0 Å². The number of rotatable bonds is 3. The lowest BCUT2D eigenvalue weighted by Gasteiger charge is -2.26. The van der Waals surface area contributed by atoms with Gasteiger partial charge in [-0.3, -0.25) is 10.1 Å². The number of hydrogen-bond donors (Lipinski definition) is 0. The smallest absolute Gasteiger partial charge is 0.269 e. The van der Waals surface area contributed by atoms with Gasteiger partial charge in [0.25, 0.3) is 5.70 Å². The molecule has 0 N–H and O–H groups in total. The highest BCUT2D eigenvalue weighted by atomic mass is 35.5. The second-order valence-electron chi connectivity index (χ2n) is 2.75. The van der Waals surface area contributed by atoms with Crippen molar-refractivity contribution < 1.29 is 14.5 Å². The Morgan fingerprint density at radius 2 is 2.43 bits per heavy atom. The number of carbonyl (C=O) groups excluding carboxylic acids is 1. The van der Waals surface area contributed by atoms with E-state index in [1.807, 2.05) is 0 Å². The van der Waals surface area contributed by atoms with Gasteiger partial charge in [0.2, 0.25) is 0 Å². The van der Waals surface area contributed by atoms with Crippen LogP contribution in [0, 0.1) is 16.0 Å². The van der Waals surface area contributed by atoms with E-state index in [9.17, 15) is 14.9 Å². The summed E-state index contributed by atoms with van der Waals surface area (Å²) in [6, 6.07) is 0. The Labute approximate surface area is 85.1 Å². The molecule has 0 heterocycles. The standard InChI is InChI=1S/C8H8ClNO4/c1-14-8(9)4-7(10(12)13)3-2-6(8)5-11/h2-6H,1H3. The van der Waals surface area contributed by atoms with Crippen LogP contribution in [-0.4, -0.2) is 23.4 Å². The largest absolute Gasteiger partial charge is 0.358 e. The average Bonchev–Trinajstić information content (AvgIpc) is 2.17. The molecule has 0 aromatic heterocycles. The van der Waals surface area contributed by atoms with Gasteiger partial charge in [-0.25, -0.2) is 0 Å². The minimum Gasteiger partial charge on any atom is -0.358 e. The van der Waals surface area contributed by atoms with E-state index in [0.29, 0.717) is 6.29 Å². The molecule has 5 nitrogen and oxygen atoms in total. The second-order valence-corrected chi connectivity index (χ2v) is 3.34. The third kappa shape index (κ3) is 1.83. The fraction of sp³-hybridized carbons (Fsp3) is 0.375. The van der Waals surface area contributed by atoms with Crippen molar-refractivity contribution in [3.63, 3.8) is 0 Å². The van der Waals surface area contributed by atoms with Gasteiger partial charge >= 0.3 is 0 Å². The Kier molecular flexibility index (Phi) is 3.03. The minimum absolute atomic E-state index is 0.181. The number of methoxy groups -OCH3 is 1. The lowest BCUT2D eigenvalue weighted by molar-refractivity contribution is -0.420. The van der Waals surface area contributed by atoms with Gasteiger partial charge in [0.05, 0.1) is 10.8 Å². The molecule has 6 heteroatoms. The Balaban J connectivity index is 3.06. The SMILES string of the molecule is COC1(Cl)C=C([N+](=O)[O-])C=CC1C=O. The number of carbonyl (C=O) groups is 1. The summed E-state index contributed by atoms with van der Waals surface area (Å²) in [7, 11) is 1.29. The number of aldehydes is 1. The van der Waals surface area contributed by atoms with Crippen LogP contribution in [0.15, 0.2) is 23.9 Å². The van der Waals surface area contributed by atoms with Gasteiger partial charge in [-0.15, -0.1) is 0 Å². The van der Waals surface area contributed by atoms with Crippen molar-refractivity contribution in [2.45, 2.75) is 5.06 Å². The van der Waals surface area contributed by atoms with Crippen molar-refractivity contribution in [3.8, 4) is 0 Å². The predicted octanol–water partition coefficient (Wildman–Crippen LogP) is 1.11. The molecule has 14 heavy (non-hydrogen) atoms. The van der Waals surface area contributed by atoms with E-state index in [-0.39, 0.29) is 5.70 Å². The molecule has 1 aliphatic carbocycles. The molecule has 0 saturated heterocycles. The fourth-order valence-electron chi connectivity index (χ4n) is 1.13. The van der Waals surface area contributed by atoms with Crippen molar-refractivity contribution in [1.29, 1.82) is 0 Å². The molecule has 1 aliphatic rings. The Hall–Kier alpha value is -1.20. The summed E-state index contributed by atoms with van der Waals surface area (Å²) in [4.78, 5) is 20.4. The summed E-state index contributed by atoms with van der Waals surface area (Å²) in [5.41, 5.74) is -0.181. The van der Waals surface area contributed by atoms with Crippen LogP contribution in [0.2, 0.25) is 0 Å². The first-order valence-electron chi connectivity index (χ1n) is 3.78. The molecule has 0 amide bonds. The molecule has 0 radical (unpaired) electrons. The lowest BCUT2D eigenvalue weighted by Crippen LogP contribution is -2.34. The molecular weight excluding hydrogens is 210 g/mol. The summed E-state index contributed by atoms with van der Waals surface area (Å²) < 4.78 is 4.86. The monoisotopic (exact) mass is 217 g/mol. The Morgan fingerprint density at radius 3 is 2.86 bits per heavy atom. The number of allylic oxidation sites excluding steroid dienone is 1. The number of alkyl halides is 1. The molecule has 0 aliphatic heterocycles. The van der Waals surface area contributed by atoms with Gasteiger partial charge in [-0.2, -0.15) is 0 Å². The van der Waals surface area contributed by atoms with Gasteiger partial charge in [0.1, 0.15) is 6.29 Å². The maximum Gasteiger partial charge on any atom is 0.269 e.